The van der Waals surface area contributed by atoms with Gasteiger partial charge < -0.3 is 10.4 Å². The van der Waals surface area contributed by atoms with Gasteiger partial charge in [-0.15, -0.1) is 0 Å². The van der Waals surface area contributed by atoms with Crippen molar-refractivity contribution in [3.63, 3.8) is 0 Å². The summed E-state index contributed by atoms with van der Waals surface area (Å²) in [5, 5.41) is 13.3. The molecule has 2 N–H and O–H groups in total. The molecule has 0 aromatic rings. The molecule has 0 spiro atoms. The molecule has 0 aliphatic carbocycles. The summed E-state index contributed by atoms with van der Waals surface area (Å²) in [6, 6.07) is 0. The molecule has 0 aromatic carbocycles. The van der Waals surface area contributed by atoms with Crippen molar-refractivity contribution in [3.05, 3.63) is 0 Å². The predicted molar refractivity (Wildman–Crippen MR) is 56.0 cm³/mol. The number of hydrogen-bond acceptors (Lipinski definition) is 4. The SMILES string of the molecule is CS(=O)(=O)CCC1(O)CCCNCC1. The van der Waals surface area contributed by atoms with E-state index < -0.39 is 15.4 Å². The Morgan fingerprint density at radius 3 is 2.71 bits per heavy atom. The Morgan fingerprint density at radius 1 is 1.36 bits per heavy atom. The van der Waals surface area contributed by atoms with Gasteiger partial charge in [-0.2, -0.15) is 0 Å². The second-order valence-electron chi connectivity index (χ2n) is 4.21. The Balaban J connectivity index is 2.47. The molecule has 0 radical (unpaired) electrons. The van der Waals surface area contributed by atoms with Crippen LogP contribution in [0.3, 0.4) is 0 Å². The Hall–Kier alpha value is -0.130. The van der Waals surface area contributed by atoms with E-state index in [2.05, 4.69) is 5.32 Å². The third-order valence-corrected chi connectivity index (χ3v) is 3.65. The molecular formula is C9H19NO3S. The number of hydrogen-bond donors (Lipinski definition) is 2. The lowest BCUT2D eigenvalue weighted by Crippen LogP contribution is -2.32. The maximum Gasteiger partial charge on any atom is 0.147 e. The minimum absolute atomic E-state index is 0.0868. The fraction of sp³-hybridized carbons (Fsp3) is 1.00. The molecule has 0 bridgehead atoms. The number of aliphatic hydroxyl groups is 1. The number of nitrogens with one attached hydrogen (secondary N) is 1. The Kier molecular flexibility index (Phi) is 3.92. The van der Waals surface area contributed by atoms with Crippen LogP contribution in [0.1, 0.15) is 25.7 Å². The van der Waals surface area contributed by atoms with Crippen LogP contribution in [-0.2, 0) is 9.84 Å². The van der Waals surface area contributed by atoms with Crippen molar-refractivity contribution in [3.8, 4) is 0 Å². The zero-order chi connectivity index (χ0) is 10.7. The topological polar surface area (TPSA) is 66.4 Å². The molecule has 1 atom stereocenters. The molecule has 1 saturated heterocycles. The van der Waals surface area contributed by atoms with Gasteiger partial charge in [0, 0.05) is 6.26 Å². The molecule has 1 aliphatic heterocycles. The molecule has 84 valence electrons. The zero-order valence-corrected chi connectivity index (χ0v) is 9.44. The van der Waals surface area contributed by atoms with Gasteiger partial charge >= 0.3 is 0 Å². The molecule has 1 aliphatic rings. The summed E-state index contributed by atoms with van der Waals surface area (Å²) in [6.45, 7) is 1.70. The molecule has 0 amide bonds. The summed E-state index contributed by atoms with van der Waals surface area (Å²) in [6.07, 6.45) is 3.86. The molecule has 0 aromatic heterocycles. The highest BCUT2D eigenvalue weighted by Gasteiger charge is 2.28. The first kappa shape index (κ1) is 11.9. The van der Waals surface area contributed by atoms with Crippen molar-refractivity contribution in [2.45, 2.75) is 31.3 Å². The Labute approximate surface area is 85.6 Å². The van der Waals surface area contributed by atoms with Gasteiger partial charge in [-0.25, -0.2) is 8.42 Å². The minimum atomic E-state index is -2.95. The van der Waals surface area contributed by atoms with Crippen molar-refractivity contribution >= 4 is 9.84 Å². The van der Waals surface area contributed by atoms with Crippen molar-refractivity contribution in [1.82, 2.24) is 5.32 Å². The van der Waals surface area contributed by atoms with Gasteiger partial charge in [0.25, 0.3) is 0 Å². The van der Waals surface area contributed by atoms with E-state index in [0.29, 0.717) is 19.3 Å². The van der Waals surface area contributed by atoms with Crippen LogP contribution in [0.15, 0.2) is 0 Å². The summed E-state index contributed by atoms with van der Waals surface area (Å²) in [5.41, 5.74) is -0.771. The fourth-order valence-corrected chi connectivity index (χ4v) is 2.49. The van der Waals surface area contributed by atoms with Gasteiger partial charge in [0.1, 0.15) is 9.84 Å². The Morgan fingerprint density at radius 2 is 2.07 bits per heavy atom. The lowest BCUT2D eigenvalue weighted by atomic mass is 9.92. The van der Waals surface area contributed by atoms with Crippen LogP contribution in [0.4, 0.5) is 0 Å². The second-order valence-corrected chi connectivity index (χ2v) is 6.47. The molecule has 4 nitrogen and oxygen atoms in total. The molecule has 1 fully saturated rings. The van der Waals surface area contributed by atoms with E-state index in [-0.39, 0.29) is 5.75 Å². The van der Waals surface area contributed by atoms with E-state index in [1.165, 1.54) is 6.26 Å². The summed E-state index contributed by atoms with van der Waals surface area (Å²) < 4.78 is 22.0. The van der Waals surface area contributed by atoms with Crippen LogP contribution in [-0.4, -0.2) is 44.2 Å². The van der Waals surface area contributed by atoms with Gasteiger partial charge in [0.2, 0.25) is 0 Å². The molecule has 0 saturated carbocycles. The van der Waals surface area contributed by atoms with Crippen LogP contribution in [0.25, 0.3) is 0 Å². The van der Waals surface area contributed by atoms with E-state index >= 15 is 0 Å². The van der Waals surface area contributed by atoms with Crippen LogP contribution in [0, 0.1) is 0 Å². The summed E-state index contributed by atoms with van der Waals surface area (Å²) in [7, 11) is -2.95. The highest BCUT2D eigenvalue weighted by Crippen LogP contribution is 2.23. The largest absolute Gasteiger partial charge is 0.390 e. The minimum Gasteiger partial charge on any atom is -0.390 e. The summed E-state index contributed by atoms with van der Waals surface area (Å²) >= 11 is 0. The third-order valence-electron chi connectivity index (χ3n) is 2.70. The lowest BCUT2D eigenvalue weighted by Gasteiger charge is -2.25. The highest BCUT2D eigenvalue weighted by atomic mass is 32.2. The maximum absolute atomic E-state index is 11.0. The fourth-order valence-electron chi connectivity index (χ4n) is 1.74. The summed E-state index contributed by atoms with van der Waals surface area (Å²) in [5.74, 6) is 0.0868. The van der Waals surface area contributed by atoms with E-state index in [0.717, 1.165) is 19.5 Å². The first-order valence-corrected chi connectivity index (χ1v) is 7.08. The van der Waals surface area contributed by atoms with Crippen molar-refractivity contribution in [2.75, 3.05) is 25.1 Å². The third kappa shape index (κ3) is 4.39. The van der Waals surface area contributed by atoms with Gasteiger partial charge in [-0.3, -0.25) is 0 Å². The van der Waals surface area contributed by atoms with Crippen molar-refractivity contribution < 1.29 is 13.5 Å². The van der Waals surface area contributed by atoms with E-state index in [1.54, 1.807) is 0 Å². The standard InChI is InChI=1S/C9H19NO3S/c1-14(12,13)8-5-9(11)3-2-6-10-7-4-9/h10-11H,2-8H2,1H3. The second kappa shape index (κ2) is 4.59. The maximum atomic E-state index is 11.0. The highest BCUT2D eigenvalue weighted by molar-refractivity contribution is 7.90. The van der Waals surface area contributed by atoms with Crippen LogP contribution in [0.2, 0.25) is 0 Å². The van der Waals surface area contributed by atoms with Crippen LogP contribution < -0.4 is 5.32 Å². The normalized spacial score (nSPS) is 29.9. The zero-order valence-electron chi connectivity index (χ0n) is 8.62. The molecular weight excluding hydrogens is 202 g/mol. The smallest absolute Gasteiger partial charge is 0.147 e. The van der Waals surface area contributed by atoms with Crippen LogP contribution in [0.5, 0.6) is 0 Å². The molecule has 1 heterocycles. The monoisotopic (exact) mass is 221 g/mol. The lowest BCUT2D eigenvalue weighted by molar-refractivity contribution is 0.0251. The van der Waals surface area contributed by atoms with Crippen molar-refractivity contribution in [2.24, 2.45) is 0 Å². The first-order valence-electron chi connectivity index (χ1n) is 5.02. The molecule has 1 unspecified atom stereocenters. The predicted octanol–water partition coefficient (Wildman–Crippen LogP) is -0.0743. The number of sulfone groups is 1. The van der Waals surface area contributed by atoms with Crippen molar-refractivity contribution in [1.29, 1.82) is 0 Å². The molecule has 5 heteroatoms. The summed E-state index contributed by atoms with van der Waals surface area (Å²) in [4.78, 5) is 0. The van der Waals surface area contributed by atoms with Crippen LogP contribution >= 0.6 is 0 Å². The quantitative estimate of drug-likeness (QED) is 0.700. The average molecular weight is 221 g/mol. The van der Waals surface area contributed by atoms with Gasteiger partial charge in [-0.05, 0) is 38.8 Å². The van der Waals surface area contributed by atoms with E-state index in [1.807, 2.05) is 0 Å². The van der Waals surface area contributed by atoms with E-state index in [4.69, 9.17) is 0 Å². The molecule has 14 heavy (non-hydrogen) atoms. The number of rotatable bonds is 3. The Bertz CT molecular complexity index is 266. The van der Waals surface area contributed by atoms with Gasteiger partial charge in [0.15, 0.2) is 0 Å². The molecule has 1 rings (SSSR count). The van der Waals surface area contributed by atoms with Gasteiger partial charge in [0.05, 0.1) is 11.4 Å². The van der Waals surface area contributed by atoms with E-state index in [9.17, 15) is 13.5 Å². The first-order chi connectivity index (χ1) is 6.41. The van der Waals surface area contributed by atoms with Gasteiger partial charge in [-0.1, -0.05) is 0 Å². The average Bonchev–Trinajstić information content (AvgIpc) is 2.27.